The number of piperidine rings is 1. The third-order valence-corrected chi connectivity index (χ3v) is 4.67. The van der Waals surface area contributed by atoms with Gasteiger partial charge in [-0.25, -0.2) is 0 Å². The Morgan fingerprint density at radius 3 is 2.35 bits per heavy atom. The second-order valence-electron chi connectivity index (χ2n) is 7.22. The topological polar surface area (TPSA) is 32.3 Å². The lowest BCUT2D eigenvalue weighted by atomic mass is 9.96. The third-order valence-electron chi connectivity index (χ3n) is 4.67. The predicted molar refractivity (Wildman–Crippen MR) is 96.5 cm³/mol. The minimum absolute atomic E-state index is 0.281. The summed E-state index contributed by atoms with van der Waals surface area (Å²) in [7, 11) is 0. The van der Waals surface area contributed by atoms with Crippen molar-refractivity contribution in [1.82, 2.24) is 10.2 Å². The Labute approximate surface area is 141 Å². The van der Waals surface area contributed by atoms with Crippen molar-refractivity contribution in [3.63, 3.8) is 0 Å². The number of benzene rings is 1. The Hall–Kier alpha value is -1.35. The molecule has 1 heterocycles. The molecule has 0 unspecified atom stereocenters. The highest BCUT2D eigenvalue weighted by Crippen LogP contribution is 2.18. The molecule has 1 aromatic carbocycles. The second-order valence-corrected chi connectivity index (χ2v) is 7.22. The largest absolute Gasteiger partial charge is 0.342 e. The average Bonchev–Trinajstić information content (AvgIpc) is 2.54. The maximum Gasteiger partial charge on any atom is 0.226 e. The lowest BCUT2D eigenvalue weighted by Crippen LogP contribution is -2.41. The molecule has 0 bridgehead atoms. The highest BCUT2D eigenvalue weighted by Gasteiger charge is 2.22. The Balaban J connectivity index is 1.78. The first-order valence-corrected chi connectivity index (χ1v) is 9.14. The molecule has 0 aliphatic carbocycles. The van der Waals surface area contributed by atoms with Gasteiger partial charge in [-0.05, 0) is 55.3 Å². The highest BCUT2D eigenvalue weighted by atomic mass is 16.2. The third kappa shape index (κ3) is 5.98. The summed E-state index contributed by atoms with van der Waals surface area (Å²) in [6.07, 6.45) is 3.91. The van der Waals surface area contributed by atoms with Crippen LogP contribution in [0.2, 0.25) is 0 Å². The van der Waals surface area contributed by atoms with Crippen molar-refractivity contribution in [1.29, 1.82) is 0 Å². The number of amides is 1. The van der Waals surface area contributed by atoms with Crippen LogP contribution in [-0.4, -0.2) is 37.0 Å². The summed E-state index contributed by atoms with van der Waals surface area (Å²) in [4.78, 5) is 14.5. The molecule has 23 heavy (non-hydrogen) atoms. The minimum Gasteiger partial charge on any atom is -0.342 e. The first kappa shape index (κ1) is 18.0. The van der Waals surface area contributed by atoms with Crippen LogP contribution in [0, 0.1) is 11.8 Å². The number of nitrogens with zero attached hydrogens (tertiary/aromatic N) is 1. The monoisotopic (exact) mass is 316 g/mol. The molecular formula is C20H32N2O. The number of likely N-dealkylation sites (tertiary alicyclic amines) is 1. The molecule has 3 nitrogen and oxygen atoms in total. The van der Waals surface area contributed by atoms with E-state index in [9.17, 15) is 4.79 Å². The number of hydrogen-bond acceptors (Lipinski definition) is 2. The molecule has 1 amide bonds. The summed E-state index contributed by atoms with van der Waals surface area (Å²) in [5.74, 6) is 1.68. The van der Waals surface area contributed by atoms with Crippen molar-refractivity contribution in [3.8, 4) is 0 Å². The highest BCUT2D eigenvalue weighted by molar-refractivity contribution is 5.78. The van der Waals surface area contributed by atoms with Gasteiger partial charge in [0.15, 0.2) is 0 Å². The van der Waals surface area contributed by atoms with Gasteiger partial charge in [0.05, 0.1) is 6.42 Å². The van der Waals surface area contributed by atoms with E-state index in [1.54, 1.807) is 0 Å². The molecule has 1 fully saturated rings. The van der Waals surface area contributed by atoms with Crippen LogP contribution in [0.25, 0.3) is 0 Å². The van der Waals surface area contributed by atoms with Crippen LogP contribution >= 0.6 is 0 Å². The maximum absolute atomic E-state index is 12.5. The van der Waals surface area contributed by atoms with Gasteiger partial charge in [0.25, 0.3) is 0 Å². The lowest BCUT2D eigenvalue weighted by molar-refractivity contribution is -0.131. The fraction of sp³-hybridized carbons (Fsp3) is 0.650. The van der Waals surface area contributed by atoms with Crippen LogP contribution in [0.5, 0.6) is 0 Å². The first-order chi connectivity index (χ1) is 11.1. The summed E-state index contributed by atoms with van der Waals surface area (Å²) >= 11 is 0. The molecule has 0 saturated carbocycles. The molecule has 0 atom stereocenters. The fourth-order valence-electron chi connectivity index (χ4n) is 3.29. The number of rotatable bonds is 7. The zero-order valence-corrected chi connectivity index (χ0v) is 15.0. The normalized spacial score (nSPS) is 16.1. The van der Waals surface area contributed by atoms with Crippen molar-refractivity contribution >= 4 is 5.91 Å². The first-order valence-electron chi connectivity index (χ1n) is 9.14. The predicted octanol–water partition coefficient (Wildman–Crippen LogP) is 3.28. The van der Waals surface area contributed by atoms with Crippen LogP contribution < -0.4 is 5.32 Å². The van der Waals surface area contributed by atoms with Crippen molar-refractivity contribution < 1.29 is 4.79 Å². The van der Waals surface area contributed by atoms with Gasteiger partial charge in [-0.15, -0.1) is 0 Å². The fourth-order valence-corrected chi connectivity index (χ4v) is 3.29. The molecule has 1 aromatic rings. The molecule has 2 rings (SSSR count). The van der Waals surface area contributed by atoms with E-state index in [0.717, 1.165) is 56.9 Å². The quantitative estimate of drug-likeness (QED) is 0.837. The molecule has 1 saturated heterocycles. The number of hydrogen-bond donors (Lipinski definition) is 1. The summed E-state index contributed by atoms with van der Waals surface area (Å²) in [5.41, 5.74) is 2.50. The van der Waals surface area contributed by atoms with E-state index in [1.807, 2.05) is 4.90 Å². The van der Waals surface area contributed by atoms with E-state index >= 15 is 0 Å². The van der Waals surface area contributed by atoms with Crippen molar-refractivity contribution in [2.24, 2.45) is 11.8 Å². The molecule has 0 spiro atoms. The molecule has 0 aromatic heterocycles. The molecule has 1 aliphatic rings. The SMILES string of the molecule is CCNCC1CCN(C(=O)Cc2ccc(CC(C)C)cc2)CC1. The van der Waals surface area contributed by atoms with Gasteiger partial charge in [-0.1, -0.05) is 45.0 Å². The summed E-state index contributed by atoms with van der Waals surface area (Å²) in [6.45, 7) is 10.6. The molecular weight excluding hydrogens is 284 g/mol. The molecule has 128 valence electrons. The van der Waals surface area contributed by atoms with E-state index < -0.39 is 0 Å². The van der Waals surface area contributed by atoms with Gasteiger partial charge in [-0.2, -0.15) is 0 Å². The summed E-state index contributed by atoms with van der Waals surface area (Å²) in [6, 6.07) is 8.58. The molecule has 1 N–H and O–H groups in total. The van der Waals surface area contributed by atoms with Crippen LogP contribution in [0.4, 0.5) is 0 Å². The van der Waals surface area contributed by atoms with Crippen molar-refractivity contribution in [2.75, 3.05) is 26.2 Å². The van der Waals surface area contributed by atoms with Crippen molar-refractivity contribution in [2.45, 2.75) is 46.5 Å². The smallest absolute Gasteiger partial charge is 0.226 e. The van der Waals surface area contributed by atoms with Gasteiger partial charge in [0, 0.05) is 13.1 Å². The van der Waals surface area contributed by atoms with E-state index in [2.05, 4.69) is 50.4 Å². The van der Waals surface area contributed by atoms with Gasteiger partial charge >= 0.3 is 0 Å². The number of carbonyl (C=O) groups excluding carboxylic acids is 1. The Bertz CT molecular complexity index is 473. The van der Waals surface area contributed by atoms with E-state index in [4.69, 9.17) is 0 Å². The Kier molecular flexibility index (Phi) is 7.10. The standard InChI is InChI=1S/C20H32N2O/c1-4-21-15-19-9-11-22(12-10-19)20(23)14-18-7-5-17(6-8-18)13-16(2)3/h5-8,16,19,21H,4,9-15H2,1-3H3. The number of nitrogens with one attached hydrogen (secondary N) is 1. The van der Waals surface area contributed by atoms with Gasteiger partial charge in [-0.3, -0.25) is 4.79 Å². The van der Waals surface area contributed by atoms with Crippen LogP contribution in [0.15, 0.2) is 24.3 Å². The zero-order chi connectivity index (χ0) is 16.7. The maximum atomic E-state index is 12.5. The molecule has 3 heteroatoms. The van der Waals surface area contributed by atoms with E-state index in [-0.39, 0.29) is 5.91 Å². The van der Waals surface area contributed by atoms with Gasteiger partial charge < -0.3 is 10.2 Å². The Morgan fingerprint density at radius 2 is 1.78 bits per heavy atom. The van der Waals surface area contributed by atoms with Crippen LogP contribution in [0.3, 0.4) is 0 Å². The zero-order valence-electron chi connectivity index (χ0n) is 15.0. The van der Waals surface area contributed by atoms with E-state index in [0.29, 0.717) is 12.3 Å². The lowest BCUT2D eigenvalue weighted by Gasteiger charge is -2.32. The Morgan fingerprint density at radius 1 is 1.17 bits per heavy atom. The second kappa shape index (κ2) is 9.07. The van der Waals surface area contributed by atoms with Crippen LogP contribution in [-0.2, 0) is 17.6 Å². The average molecular weight is 316 g/mol. The molecule has 1 aliphatic heterocycles. The van der Waals surface area contributed by atoms with Gasteiger partial charge in [0.2, 0.25) is 5.91 Å². The minimum atomic E-state index is 0.281. The van der Waals surface area contributed by atoms with Crippen molar-refractivity contribution in [3.05, 3.63) is 35.4 Å². The van der Waals surface area contributed by atoms with E-state index in [1.165, 1.54) is 5.56 Å². The molecule has 0 radical (unpaired) electrons. The summed E-state index contributed by atoms with van der Waals surface area (Å²) in [5, 5.41) is 3.42. The number of carbonyl (C=O) groups is 1. The van der Waals surface area contributed by atoms with Crippen LogP contribution in [0.1, 0.15) is 44.7 Å². The van der Waals surface area contributed by atoms with Gasteiger partial charge in [0.1, 0.15) is 0 Å². The summed E-state index contributed by atoms with van der Waals surface area (Å²) < 4.78 is 0.